The summed E-state index contributed by atoms with van der Waals surface area (Å²) in [6.07, 6.45) is 2.46. The van der Waals surface area contributed by atoms with E-state index in [4.69, 9.17) is 0 Å². The Morgan fingerprint density at radius 2 is 2.23 bits per heavy atom. The van der Waals surface area contributed by atoms with Gasteiger partial charge in [0.05, 0.1) is 16.7 Å². The summed E-state index contributed by atoms with van der Waals surface area (Å²) in [7, 11) is 0. The zero-order chi connectivity index (χ0) is 9.26. The van der Waals surface area contributed by atoms with Gasteiger partial charge in [-0.15, -0.1) is 0 Å². The van der Waals surface area contributed by atoms with Crippen molar-refractivity contribution in [2.75, 3.05) is 0 Å². The molecule has 0 saturated carbocycles. The van der Waals surface area contributed by atoms with Crippen molar-refractivity contribution in [1.29, 1.82) is 0 Å². The van der Waals surface area contributed by atoms with Gasteiger partial charge in [-0.05, 0) is 19.1 Å². The van der Waals surface area contributed by atoms with Crippen molar-refractivity contribution in [2.45, 2.75) is 6.92 Å². The molecule has 0 aliphatic rings. The number of benzene rings is 1. The van der Waals surface area contributed by atoms with Crippen molar-refractivity contribution in [3.05, 3.63) is 35.7 Å². The lowest BCUT2D eigenvalue weighted by molar-refractivity contribution is 0.112. The van der Waals surface area contributed by atoms with Gasteiger partial charge in [-0.25, -0.2) is 4.98 Å². The Labute approximate surface area is 75.4 Å². The summed E-state index contributed by atoms with van der Waals surface area (Å²) >= 11 is 0. The first-order valence-corrected chi connectivity index (χ1v) is 3.99. The summed E-state index contributed by atoms with van der Waals surface area (Å²) in [4.78, 5) is 19.1. The van der Waals surface area contributed by atoms with Crippen LogP contribution in [0.3, 0.4) is 0 Å². The molecule has 2 rings (SSSR count). The van der Waals surface area contributed by atoms with E-state index in [-0.39, 0.29) is 0 Å². The Kier molecular flexibility index (Phi) is 1.77. The van der Waals surface area contributed by atoms with E-state index < -0.39 is 0 Å². The molecule has 13 heavy (non-hydrogen) atoms. The molecular formula is C10H8N2O. The smallest absolute Gasteiger partial charge is 0.152 e. The topological polar surface area (TPSA) is 42.9 Å². The van der Waals surface area contributed by atoms with Crippen molar-refractivity contribution in [3.63, 3.8) is 0 Å². The third-order valence-corrected chi connectivity index (χ3v) is 1.85. The minimum atomic E-state index is 0.588. The fourth-order valence-electron chi connectivity index (χ4n) is 1.25. The highest BCUT2D eigenvalue weighted by Gasteiger charge is 2.01. The number of aldehydes is 1. The normalized spacial score (nSPS) is 10.2. The van der Waals surface area contributed by atoms with Gasteiger partial charge in [-0.3, -0.25) is 9.78 Å². The third-order valence-electron chi connectivity index (χ3n) is 1.85. The Morgan fingerprint density at radius 3 is 3.00 bits per heavy atom. The SMILES string of the molecule is Cc1cnc2c(C=O)cccc2n1. The molecule has 0 amide bonds. The maximum Gasteiger partial charge on any atom is 0.152 e. The van der Waals surface area contributed by atoms with E-state index in [2.05, 4.69) is 9.97 Å². The maximum atomic E-state index is 10.6. The average Bonchev–Trinajstić information content (AvgIpc) is 2.16. The van der Waals surface area contributed by atoms with Gasteiger partial charge in [0.15, 0.2) is 6.29 Å². The minimum Gasteiger partial charge on any atom is -0.298 e. The van der Waals surface area contributed by atoms with Gasteiger partial charge in [0.2, 0.25) is 0 Å². The minimum absolute atomic E-state index is 0.588. The highest BCUT2D eigenvalue weighted by atomic mass is 16.1. The molecule has 0 aliphatic carbocycles. The summed E-state index contributed by atoms with van der Waals surface area (Å²) < 4.78 is 0. The number of carbonyl (C=O) groups excluding carboxylic acids is 1. The molecule has 0 radical (unpaired) electrons. The third kappa shape index (κ3) is 1.28. The summed E-state index contributed by atoms with van der Waals surface area (Å²) in [6.45, 7) is 1.88. The lowest BCUT2D eigenvalue weighted by Gasteiger charge is -1.99. The highest BCUT2D eigenvalue weighted by Crippen LogP contribution is 2.12. The molecule has 3 heteroatoms. The van der Waals surface area contributed by atoms with Crippen LogP contribution in [-0.4, -0.2) is 16.3 Å². The molecule has 0 saturated heterocycles. The first-order chi connectivity index (χ1) is 6.31. The zero-order valence-electron chi connectivity index (χ0n) is 7.19. The predicted octanol–water partition coefficient (Wildman–Crippen LogP) is 1.75. The van der Waals surface area contributed by atoms with E-state index in [0.717, 1.165) is 17.5 Å². The molecule has 0 fully saturated rings. The van der Waals surface area contributed by atoms with Gasteiger partial charge in [-0.1, -0.05) is 6.07 Å². The van der Waals surface area contributed by atoms with Gasteiger partial charge in [0.1, 0.15) is 0 Å². The van der Waals surface area contributed by atoms with Crippen LogP contribution in [0.4, 0.5) is 0 Å². The quantitative estimate of drug-likeness (QED) is 0.615. The second kappa shape index (κ2) is 2.94. The van der Waals surface area contributed by atoms with Crippen LogP contribution >= 0.6 is 0 Å². The van der Waals surface area contributed by atoms with Crippen LogP contribution in [0.15, 0.2) is 24.4 Å². The largest absolute Gasteiger partial charge is 0.298 e. The van der Waals surface area contributed by atoms with Crippen molar-refractivity contribution in [1.82, 2.24) is 9.97 Å². The van der Waals surface area contributed by atoms with Crippen molar-refractivity contribution in [2.24, 2.45) is 0 Å². The Hall–Kier alpha value is -1.77. The molecular weight excluding hydrogens is 164 g/mol. The van der Waals surface area contributed by atoms with Crippen molar-refractivity contribution < 1.29 is 4.79 Å². The molecule has 3 nitrogen and oxygen atoms in total. The number of hydrogen-bond donors (Lipinski definition) is 0. The first kappa shape index (κ1) is 7.86. The molecule has 0 bridgehead atoms. The zero-order valence-corrected chi connectivity index (χ0v) is 7.19. The molecule has 0 atom stereocenters. The average molecular weight is 172 g/mol. The fourth-order valence-corrected chi connectivity index (χ4v) is 1.25. The van der Waals surface area contributed by atoms with Crippen molar-refractivity contribution in [3.8, 4) is 0 Å². The van der Waals surface area contributed by atoms with Crippen LogP contribution < -0.4 is 0 Å². The molecule has 0 aliphatic heterocycles. The van der Waals surface area contributed by atoms with E-state index >= 15 is 0 Å². The van der Waals surface area contributed by atoms with E-state index in [1.165, 1.54) is 0 Å². The summed E-state index contributed by atoms with van der Waals surface area (Å²) in [6, 6.07) is 5.39. The van der Waals surface area contributed by atoms with Crippen LogP contribution in [0.25, 0.3) is 11.0 Å². The second-order valence-corrected chi connectivity index (χ2v) is 2.84. The number of aromatic nitrogens is 2. The highest BCUT2D eigenvalue weighted by molar-refractivity contribution is 5.93. The second-order valence-electron chi connectivity index (χ2n) is 2.84. The lowest BCUT2D eigenvalue weighted by atomic mass is 10.2. The predicted molar refractivity (Wildman–Crippen MR) is 49.7 cm³/mol. The van der Waals surface area contributed by atoms with E-state index in [1.54, 1.807) is 18.3 Å². The van der Waals surface area contributed by atoms with Crippen LogP contribution in [0.2, 0.25) is 0 Å². The molecule has 0 N–H and O–H groups in total. The number of rotatable bonds is 1. The molecule has 1 heterocycles. The Morgan fingerprint density at radius 1 is 1.38 bits per heavy atom. The number of nitrogens with zero attached hydrogens (tertiary/aromatic N) is 2. The first-order valence-electron chi connectivity index (χ1n) is 3.99. The molecule has 2 aromatic rings. The lowest BCUT2D eigenvalue weighted by Crippen LogP contribution is -1.91. The standard InChI is InChI=1S/C10H8N2O/c1-7-5-11-10-8(6-13)3-2-4-9(10)12-7/h2-6H,1H3. The molecule has 64 valence electrons. The summed E-state index contributed by atoms with van der Waals surface area (Å²) in [5.41, 5.74) is 2.88. The maximum absolute atomic E-state index is 10.6. The monoisotopic (exact) mass is 172 g/mol. The molecule has 1 aromatic heterocycles. The van der Waals surface area contributed by atoms with E-state index in [1.807, 2.05) is 13.0 Å². The van der Waals surface area contributed by atoms with Gasteiger partial charge in [0, 0.05) is 11.8 Å². The number of para-hydroxylation sites is 1. The Bertz CT molecular complexity index is 465. The number of aryl methyl sites for hydroxylation is 1. The van der Waals surface area contributed by atoms with Crippen LogP contribution in [0.1, 0.15) is 16.1 Å². The van der Waals surface area contributed by atoms with Crippen LogP contribution in [-0.2, 0) is 0 Å². The van der Waals surface area contributed by atoms with Crippen LogP contribution in [0.5, 0.6) is 0 Å². The number of hydrogen-bond acceptors (Lipinski definition) is 3. The number of carbonyl (C=O) groups is 1. The van der Waals surface area contributed by atoms with Gasteiger partial charge in [-0.2, -0.15) is 0 Å². The van der Waals surface area contributed by atoms with Crippen molar-refractivity contribution >= 4 is 17.3 Å². The van der Waals surface area contributed by atoms with Gasteiger partial charge in [0.25, 0.3) is 0 Å². The van der Waals surface area contributed by atoms with Gasteiger partial charge < -0.3 is 0 Å². The number of fused-ring (bicyclic) bond motifs is 1. The molecule has 0 spiro atoms. The molecule has 0 unspecified atom stereocenters. The summed E-state index contributed by atoms with van der Waals surface area (Å²) in [5.74, 6) is 0. The Balaban J connectivity index is 2.84. The fraction of sp³-hybridized carbons (Fsp3) is 0.100. The van der Waals surface area contributed by atoms with Gasteiger partial charge >= 0.3 is 0 Å². The van der Waals surface area contributed by atoms with E-state index in [9.17, 15) is 4.79 Å². The molecule has 1 aromatic carbocycles. The van der Waals surface area contributed by atoms with Crippen LogP contribution in [0, 0.1) is 6.92 Å². The summed E-state index contributed by atoms with van der Waals surface area (Å²) in [5, 5.41) is 0. The van der Waals surface area contributed by atoms with E-state index in [0.29, 0.717) is 11.1 Å².